The lowest BCUT2D eigenvalue weighted by Gasteiger charge is -2.26. The van der Waals surface area contributed by atoms with E-state index in [2.05, 4.69) is 17.1 Å². The van der Waals surface area contributed by atoms with Crippen LogP contribution in [0.2, 0.25) is 0 Å². The molecule has 4 nitrogen and oxygen atoms in total. The molecule has 1 fully saturated rings. The third-order valence-corrected chi connectivity index (χ3v) is 3.50. The monoisotopic (exact) mass is 261 g/mol. The van der Waals surface area contributed by atoms with Crippen LogP contribution < -0.4 is 16.0 Å². The number of nitrogens with one attached hydrogen (secondary N) is 1. The fourth-order valence-corrected chi connectivity index (χ4v) is 2.33. The Bertz CT molecular complexity index is 455. The molecule has 104 valence electrons. The molecule has 1 aliphatic carbocycles. The van der Waals surface area contributed by atoms with Gasteiger partial charge in [-0.25, -0.2) is 0 Å². The first-order valence-corrected chi connectivity index (χ1v) is 7.02. The number of amides is 1. The number of carbonyl (C=O) groups is 1. The fraction of sp³-hybridized carbons (Fsp3) is 0.533. The molecule has 1 saturated carbocycles. The Labute approximate surface area is 115 Å². The van der Waals surface area contributed by atoms with E-state index in [0.29, 0.717) is 11.3 Å². The van der Waals surface area contributed by atoms with Gasteiger partial charge in [0.1, 0.15) is 0 Å². The van der Waals surface area contributed by atoms with Crippen LogP contribution in [-0.4, -0.2) is 26.0 Å². The molecule has 1 aromatic rings. The van der Waals surface area contributed by atoms with E-state index in [1.807, 2.05) is 12.1 Å². The van der Waals surface area contributed by atoms with Crippen molar-refractivity contribution in [1.82, 2.24) is 5.32 Å². The van der Waals surface area contributed by atoms with E-state index in [4.69, 9.17) is 5.73 Å². The molecule has 0 atom stereocenters. The Hall–Kier alpha value is -1.71. The van der Waals surface area contributed by atoms with Gasteiger partial charge < -0.3 is 16.0 Å². The lowest BCUT2D eigenvalue weighted by Crippen LogP contribution is -2.30. The van der Waals surface area contributed by atoms with Gasteiger partial charge in [-0.1, -0.05) is 6.92 Å². The summed E-state index contributed by atoms with van der Waals surface area (Å²) >= 11 is 0. The van der Waals surface area contributed by atoms with Crippen molar-refractivity contribution in [2.75, 3.05) is 30.8 Å². The van der Waals surface area contributed by atoms with E-state index < -0.39 is 0 Å². The molecule has 19 heavy (non-hydrogen) atoms. The third-order valence-electron chi connectivity index (χ3n) is 3.50. The predicted octanol–water partition coefficient (Wildman–Crippen LogP) is 2.25. The highest BCUT2D eigenvalue weighted by Gasteiger charge is 2.26. The standard InChI is InChI=1S/C15H23N3O/c1-3-8-18(10-11-4-5-11)14-9-12(16)6-7-13(14)15(19)17-2/h6-7,9,11H,3-5,8,10,16H2,1-2H3,(H,17,19). The molecule has 1 aromatic carbocycles. The van der Waals surface area contributed by atoms with Crippen LogP contribution in [0.1, 0.15) is 36.5 Å². The maximum absolute atomic E-state index is 12.0. The van der Waals surface area contributed by atoms with Gasteiger partial charge in [-0.05, 0) is 43.4 Å². The molecule has 3 N–H and O–H groups in total. The van der Waals surface area contributed by atoms with Crippen LogP contribution in [0, 0.1) is 5.92 Å². The highest BCUT2D eigenvalue weighted by atomic mass is 16.1. The molecular weight excluding hydrogens is 238 g/mol. The van der Waals surface area contributed by atoms with Gasteiger partial charge in [0, 0.05) is 25.8 Å². The molecular formula is C15H23N3O. The predicted molar refractivity (Wildman–Crippen MR) is 79.5 cm³/mol. The molecule has 2 rings (SSSR count). The minimum absolute atomic E-state index is 0.0492. The minimum Gasteiger partial charge on any atom is -0.399 e. The van der Waals surface area contributed by atoms with Gasteiger partial charge in [0.15, 0.2) is 0 Å². The molecule has 0 saturated heterocycles. The van der Waals surface area contributed by atoms with Crippen molar-refractivity contribution in [3.63, 3.8) is 0 Å². The second-order valence-corrected chi connectivity index (χ2v) is 5.25. The van der Waals surface area contributed by atoms with Crippen LogP contribution in [0.25, 0.3) is 0 Å². The number of hydrogen-bond donors (Lipinski definition) is 2. The molecule has 1 amide bonds. The summed E-state index contributed by atoms with van der Waals surface area (Å²) in [6.45, 7) is 4.15. The van der Waals surface area contributed by atoms with Crippen molar-refractivity contribution >= 4 is 17.3 Å². The summed E-state index contributed by atoms with van der Waals surface area (Å²) < 4.78 is 0. The van der Waals surface area contributed by atoms with Crippen LogP contribution in [0.4, 0.5) is 11.4 Å². The molecule has 0 aliphatic heterocycles. The zero-order valence-electron chi connectivity index (χ0n) is 11.8. The number of nitrogen functional groups attached to an aromatic ring is 1. The number of benzene rings is 1. The lowest BCUT2D eigenvalue weighted by molar-refractivity contribution is 0.0963. The van der Waals surface area contributed by atoms with E-state index in [1.165, 1.54) is 12.8 Å². The first-order chi connectivity index (χ1) is 9.15. The zero-order valence-corrected chi connectivity index (χ0v) is 11.8. The largest absolute Gasteiger partial charge is 0.399 e. The smallest absolute Gasteiger partial charge is 0.253 e. The molecule has 0 unspecified atom stereocenters. The zero-order chi connectivity index (χ0) is 13.8. The molecule has 0 heterocycles. The highest BCUT2D eigenvalue weighted by Crippen LogP contribution is 2.33. The third kappa shape index (κ3) is 3.40. The Kier molecular flexibility index (Phi) is 4.30. The second kappa shape index (κ2) is 5.95. The number of rotatable bonds is 6. The number of nitrogens with two attached hydrogens (primary N) is 1. The summed E-state index contributed by atoms with van der Waals surface area (Å²) in [6.07, 6.45) is 3.67. The highest BCUT2D eigenvalue weighted by molar-refractivity contribution is 6.00. The Morgan fingerprint density at radius 3 is 2.79 bits per heavy atom. The van der Waals surface area contributed by atoms with Gasteiger partial charge in [0.05, 0.1) is 11.3 Å². The summed E-state index contributed by atoms with van der Waals surface area (Å²) in [5.74, 6) is 0.734. The Balaban J connectivity index is 2.31. The maximum atomic E-state index is 12.0. The summed E-state index contributed by atoms with van der Waals surface area (Å²) in [5.41, 5.74) is 8.28. The molecule has 0 bridgehead atoms. The van der Waals surface area contributed by atoms with Crippen molar-refractivity contribution in [1.29, 1.82) is 0 Å². The normalized spacial score (nSPS) is 14.2. The van der Waals surface area contributed by atoms with Crippen LogP contribution >= 0.6 is 0 Å². The van der Waals surface area contributed by atoms with Gasteiger partial charge in [-0.2, -0.15) is 0 Å². The Morgan fingerprint density at radius 1 is 1.47 bits per heavy atom. The van der Waals surface area contributed by atoms with Crippen molar-refractivity contribution in [2.45, 2.75) is 26.2 Å². The maximum Gasteiger partial charge on any atom is 0.253 e. The summed E-state index contributed by atoms with van der Waals surface area (Å²) in [7, 11) is 1.66. The van der Waals surface area contributed by atoms with Crippen LogP contribution in [0.5, 0.6) is 0 Å². The lowest BCUT2D eigenvalue weighted by atomic mass is 10.1. The van der Waals surface area contributed by atoms with E-state index in [1.54, 1.807) is 13.1 Å². The molecule has 4 heteroatoms. The van der Waals surface area contributed by atoms with E-state index in [9.17, 15) is 4.79 Å². The van der Waals surface area contributed by atoms with Crippen LogP contribution in [-0.2, 0) is 0 Å². The molecule has 1 aliphatic rings. The van der Waals surface area contributed by atoms with Crippen molar-refractivity contribution < 1.29 is 4.79 Å². The average molecular weight is 261 g/mol. The minimum atomic E-state index is -0.0492. The summed E-state index contributed by atoms with van der Waals surface area (Å²) in [5, 5.41) is 2.70. The first-order valence-electron chi connectivity index (χ1n) is 7.02. The number of hydrogen-bond acceptors (Lipinski definition) is 3. The number of anilines is 2. The number of carbonyl (C=O) groups excluding carboxylic acids is 1. The average Bonchev–Trinajstić information content (AvgIpc) is 3.21. The van der Waals surface area contributed by atoms with Gasteiger partial charge in [-0.15, -0.1) is 0 Å². The van der Waals surface area contributed by atoms with Gasteiger partial charge in [0.2, 0.25) is 0 Å². The second-order valence-electron chi connectivity index (χ2n) is 5.25. The van der Waals surface area contributed by atoms with Crippen molar-refractivity contribution in [3.8, 4) is 0 Å². The first kappa shape index (κ1) is 13.7. The fourth-order valence-electron chi connectivity index (χ4n) is 2.33. The molecule has 0 aromatic heterocycles. The van der Waals surface area contributed by atoms with Gasteiger partial charge in [0.25, 0.3) is 5.91 Å². The molecule has 0 radical (unpaired) electrons. The van der Waals surface area contributed by atoms with Crippen LogP contribution in [0.3, 0.4) is 0 Å². The SMILES string of the molecule is CCCN(CC1CC1)c1cc(N)ccc1C(=O)NC. The quantitative estimate of drug-likeness (QED) is 0.772. The van der Waals surface area contributed by atoms with Crippen LogP contribution in [0.15, 0.2) is 18.2 Å². The van der Waals surface area contributed by atoms with E-state index in [0.717, 1.165) is 31.1 Å². The van der Waals surface area contributed by atoms with Crippen molar-refractivity contribution in [2.24, 2.45) is 5.92 Å². The van der Waals surface area contributed by atoms with Gasteiger partial charge >= 0.3 is 0 Å². The van der Waals surface area contributed by atoms with Crippen molar-refractivity contribution in [3.05, 3.63) is 23.8 Å². The van der Waals surface area contributed by atoms with E-state index in [-0.39, 0.29) is 5.91 Å². The van der Waals surface area contributed by atoms with E-state index >= 15 is 0 Å². The number of nitrogens with zero attached hydrogens (tertiary/aromatic N) is 1. The van der Waals surface area contributed by atoms with Gasteiger partial charge in [-0.3, -0.25) is 4.79 Å². The summed E-state index contributed by atoms with van der Waals surface area (Å²) in [6, 6.07) is 5.52. The summed E-state index contributed by atoms with van der Waals surface area (Å²) in [4.78, 5) is 14.3. The molecule has 0 spiro atoms. The topological polar surface area (TPSA) is 58.4 Å². The Morgan fingerprint density at radius 2 is 2.21 bits per heavy atom.